The number of hydrogen-bond acceptors (Lipinski definition) is 5. The van der Waals surface area contributed by atoms with Crippen LogP contribution < -0.4 is 15.4 Å². The van der Waals surface area contributed by atoms with Crippen LogP contribution in [-0.2, 0) is 4.79 Å². The number of anilines is 2. The van der Waals surface area contributed by atoms with Crippen molar-refractivity contribution in [3.05, 3.63) is 48.0 Å². The number of nitrogens with zero attached hydrogens (tertiary/aromatic N) is 1. The first-order valence-corrected chi connectivity index (χ1v) is 8.99. The second-order valence-electron chi connectivity index (χ2n) is 6.17. The molecule has 26 heavy (non-hydrogen) atoms. The summed E-state index contributed by atoms with van der Waals surface area (Å²) in [7, 11) is 0. The lowest BCUT2D eigenvalue weighted by Gasteiger charge is -2.05. The lowest BCUT2D eigenvalue weighted by Crippen LogP contribution is -2.19. The molecule has 0 saturated carbocycles. The second kappa shape index (κ2) is 7.53. The molecule has 0 aliphatic carbocycles. The van der Waals surface area contributed by atoms with Crippen molar-refractivity contribution >= 4 is 44.4 Å². The van der Waals surface area contributed by atoms with Crippen molar-refractivity contribution < 1.29 is 14.3 Å². The van der Waals surface area contributed by atoms with Crippen LogP contribution in [0.3, 0.4) is 0 Å². The maximum atomic E-state index is 12.1. The predicted molar refractivity (Wildman–Crippen MR) is 104 cm³/mol. The van der Waals surface area contributed by atoms with Crippen LogP contribution in [0.1, 0.15) is 19.4 Å². The molecule has 2 amide bonds. The molecule has 134 valence electrons. The Kier molecular flexibility index (Phi) is 5.18. The molecule has 0 saturated heterocycles. The Morgan fingerprint density at radius 1 is 1.12 bits per heavy atom. The summed E-state index contributed by atoms with van der Waals surface area (Å²) in [5.74, 6) is -0.0185. The summed E-state index contributed by atoms with van der Waals surface area (Å²) in [6.45, 7) is 5.52. The van der Waals surface area contributed by atoms with Crippen molar-refractivity contribution in [3.63, 3.8) is 0 Å². The number of rotatable bonds is 4. The van der Waals surface area contributed by atoms with Gasteiger partial charge in [0, 0.05) is 11.8 Å². The predicted octanol–water partition coefficient (Wildman–Crippen LogP) is 4.81. The highest BCUT2D eigenvalue weighted by Crippen LogP contribution is 2.29. The van der Waals surface area contributed by atoms with Crippen LogP contribution in [0.4, 0.5) is 15.6 Å². The Bertz CT molecular complexity index is 966. The van der Waals surface area contributed by atoms with Gasteiger partial charge >= 0.3 is 12.0 Å². The lowest BCUT2D eigenvalue weighted by molar-refractivity contribution is -0.137. The van der Waals surface area contributed by atoms with E-state index < -0.39 is 0 Å². The van der Waals surface area contributed by atoms with Crippen LogP contribution in [-0.4, -0.2) is 17.0 Å². The Balaban J connectivity index is 1.70. The second-order valence-corrected chi connectivity index (χ2v) is 7.20. The molecule has 1 aromatic heterocycles. The number of benzene rings is 2. The van der Waals surface area contributed by atoms with Crippen molar-refractivity contribution in [2.75, 3.05) is 10.6 Å². The van der Waals surface area contributed by atoms with E-state index in [9.17, 15) is 9.59 Å². The third kappa shape index (κ3) is 4.37. The summed E-state index contributed by atoms with van der Waals surface area (Å²) in [5, 5.41) is 5.97. The first-order chi connectivity index (χ1) is 12.4. The van der Waals surface area contributed by atoms with E-state index >= 15 is 0 Å². The molecule has 0 bridgehead atoms. The quantitative estimate of drug-likeness (QED) is 0.511. The number of esters is 1. The van der Waals surface area contributed by atoms with Gasteiger partial charge in [-0.1, -0.05) is 37.3 Å². The smallest absolute Gasteiger partial charge is 0.325 e. The molecule has 2 aromatic carbocycles. The molecule has 6 nitrogen and oxygen atoms in total. The fourth-order valence-electron chi connectivity index (χ4n) is 2.24. The number of nitrogens with one attached hydrogen (secondary N) is 2. The molecular weight excluding hydrogens is 350 g/mol. The fourth-order valence-corrected chi connectivity index (χ4v) is 3.13. The monoisotopic (exact) mass is 369 g/mol. The summed E-state index contributed by atoms with van der Waals surface area (Å²) >= 11 is 1.31. The number of carbonyl (C=O) groups is 2. The van der Waals surface area contributed by atoms with E-state index in [1.54, 1.807) is 32.0 Å². The number of aromatic nitrogens is 1. The van der Waals surface area contributed by atoms with E-state index in [1.807, 2.05) is 31.2 Å². The van der Waals surface area contributed by atoms with Gasteiger partial charge in [-0.2, -0.15) is 0 Å². The molecule has 2 N–H and O–H groups in total. The largest absolute Gasteiger partial charge is 0.426 e. The highest BCUT2D eigenvalue weighted by molar-refractivity contribution is 7.22. The number of ether oxygens (including phenoxy) is 1. The first kappa shape index (κ1) is 17.9. The average molecular weight is 369 g/mol. The fraction of sp³-hybridized carbons (Fsp3) is 0.211. The SMILES string of the molecule is Cc1cccc(NC(=O)Nc2nc3ccc(OC(=O)C(C)C)cc3s2)c1. The van der Waals surface area contributed by atoms with Gasteiger partial charge in [0.25, 0.3) is 0 Å². The summed E-state index contributed by atoms with van der Waals surface area (Å²) < 4.78 is 6.13. The number of amides is 2. The van der Waals surface area contributed by atoms with E-state index in [1.165, 1.54) is 11.3 Å². The lowest BCUT2D eigenvalue weighted by atomic mass is 10.2. The molecule has 0 radical (unpaired) electrons. The minimum Gasteiger partial charge on any atom is -0.426 e. The summed E-state index contributed by atoms with van der Waals surface area (Å²) in [5.41, 5.74) is 2.50. The topological polar surface area (TPSA) is 80.3 Å². The molecule has 0 fully saturated rings. The van der Waals surface area contributed by atoms with Crippen molar-refractivity contribution in [2.45, 2.75) is 20.8 Å². The van der Waals surface area contributed by atoms with Gasteiger partial charge in [0.2, 0.25) is 0 Å². The number of urea groups is 1. The number of carbonyl (C=O) groups excluding carboxylic acids is 2. The van der Waals surface area contributed by atoms with E-state index in [2.05, 4.69) is 15.6 Å². The summed E-state index contributed by atoms with van der Waals surface area (Å²) in [6.07, 6.45) is 0. The maximum absolute atomic E-state index is 12.1. The Morgan fingerprint density at radius 2 is 1.92 bits per heavy atom. The van der Waals surface area contributed by atoms with Gasteiger partial charge in [0.1, 0.15) is 5.75 Å². The average Bonchev–Trinajstić information content (AvgIpc) is 2.95. The van der Waals surface area contributed by atoms with Crippen molar-refractivity contribution in [3.8, 4) is 5.75 Å². The molecular formula is C19H19N3O3S. The van der Waals surface area contributed by atoms with Crippen LogP contribution in [0.5, 0.6) is 5.75 Å². The molecule has 3 aromatic rings. The Morgan fingerprint density at radius 3 is 2.65 bits per heavy atom. The summed E-state index contributed by atoms with van der Waals surface area (Å²) in [6, 6.07) is 12.4. The molecule has 0 unspecified atom stereocenters. The normalized spacial score (nSPS) is 10.8. The molecule has 0 spiro atoms. The third-order valence-electron chi connectivity index (χ3n) is 3.55. The molecule has 0 aliphatic heterocycles. The zero-order valence-corrected chi connectivity index (χ0v) is 15.5. The van der Waals surface area contributed by atoms with Crippen LogP contribution in [0, 0.1) is 12.8 Å². The van der Waals surface area contributed by atoms with Gasteiger partial charge in [-0.15, -0.1) is 0 Å². The highest BCUT2D eigenvalue weighted by atomic mass is 32.1. The maximum Gasteiger partial charge on any atom is 0.325 e. The number of hydrogen-bond donors (Lipinski definition) is 2. The van der Waals surface area contributed by atoms with Gasteiger partial charge in [-0.05, 0) is 36.8 Å². The van der Waals surface area contributed by atoms with E-state index in [0.29, 0.717) is 16.6 Å². The van der Waals surface area contributed by atoms with Crippen molar-refractivity contribution in [1.29, 1.82) is 0 Å². The Hall–Kier alpha value is -2.93. The zero-order chi connectivity index (χ0) is 18.7. The molecule has 0 atom stereocenters. The van der Waals surface area contributed by atoms with Crippen LogP contribution >= 0.6 is 11.3 Å². The van der Waals surface area contributed by atoms with Crippen LogP contribution in [0.15, 0.2) is 42.5 Å². The number of aryl methyl sites for hydroxylation is 1. The standard InChI is InChI=1S/C19H19N3O3S/c1-11(2)17(23)25-14-7-8-15-16(10-14)26-19(21-15)22-18(24)20-13-6-4-5-12(3)9-13/h4-11H,1-3H3,(H2,20,21,22,24). The minimum atomic E-state index is -0.360. The number of thiazole rings is 1. The van der Waals surface area contributed by atoms with Crippen molar-refractivity contribution in [2.24, 2.45) is 5.92 Å². The third-order valence-corrected chi connectivity index (χ3v) is 4.48. The van der Waals surface area contributed by atoms with Crippen LogP contribution in [0.25, 0.3) is 10.2 Å². The van der Waals surface area contributed by atoms with Gasteiger partial charge in [0.05, 0.1) is 16.1 Å². The first-order valence-electron chi connectivity index (χ1n) is 8.17. The van der Waals surface area contributed by atoms with Crippen LogP contribution in [0.2, 0.25) is 0 Å². The van der Waals surface area contributed by atoms with Crippen molar-refractivity contribution in [1.82, 2.24) is 4.98 Å². The minimum absolute atomic E-state index is 0.199. The number of fused-ring (bicyclic) bond motifs is 1. The molecule has 1 heterocycles. The van der Waals surface area contributed by atoms with Gasteiger partial charge < -0.3 is 10.1 Å². The Labute approximate surface area is 155 Å². The molecule has 7 heteroatoms. The van der Waals surface area contributed by atoms with E-state index in [0.717, 1.165) is 15.8 Å². The van der Waals surface area contributed by atoms with E-state index in [-0.39, 0.29) is 17.9 Å². The zero-order valence-electron chi connectivity index (χ0n) is 14.7. The summed E-state index contributed by atoms with van der Waals surface area (Å²) in [4.78, 5) is 28.2. The van der Waals surface area contributed by atoms with Gasteiger partial charge in [-0.3, -0.25) is 10.1 Å². The van der Waals surface area contributed by atoms with Gasteiger partial charge in [-0.25, -0.2) is 9.78 Å². The van der Waals surface area contributed by atoms with E-state index in [4.69, 9.17) is 4.74 Å². The highest BCUT2D eigenvalue weighted by Gasteiger charge is 2.12. The van der Waals surface area contributed by atoms with Gasteiger partial charge in [0.15, 0.2) is 5.13 Å². The molecule has 0 aliphatic rings. The molecule has 3 rings (SSSR count).